The Morgan fingerprint density at radius 2 is 2.31 bits per heavy atom. The summed E-state index contributed by atoms with van der Waals surface area (Å²) in [7, 11) is 0. The van der Waals surface area contributed by atoms with Crippen molar-refractivity contribution in [3.63, 3.8) is 0 Å². The predicted octanol–water partition coefficient (Wildman–Crippen LogP) is 3.20. The first-order valence-electron chi connectivity index (χ1n) is 6.40. The first-order chi connectivity index (χ1) is 7.77. The van der Waals surface area contributed by atoms with Crippen molar-refractivity contribution < 1.29 is 0 Å². The second-order valence-electron chi connectivity index (χ2n) is 5.14. The average molecular weight is 238 g/mol. The van der Waals surface area contributed by atoms with E-state index in [0.717, 1.165) is 12.5 Å². The summed E-state index contributed by atoms with van der Waals surface area (Å²) >= 11 is 1.85. The molecule has 0 aromatic carbocycles. The molecule has 1 aromatic rings. The second kappa shape index (κ2) is 5.78. The number of hydrogen-bond acceptors (Lipinski definition) is 3. The fourth-order valence-corrected chi connectivity index (χ4v) is 3.49. The molecule has 16 heavy (non-hydrogen) atoms. The van der Waals surface area contributed by atoms with Gasteiger partial charge in [0, 0.05) is 10.8 Å². The number of aromatic nitrogens is 1. The molecule has 2 nitrogen and oxygen atoms in total. The molecule has 1 fully saturated rings. The minimum atomic E-state index is 0.704. The molecule has 0 spiro atoms. The van der Waals surface area contributed by atoms with Crippen LogP contribution in [0.3, 0.4) is 0 Å². The normalized spacial score (nSPS) is 22.3. The lowest BCUT2D eigenvalue weighted by atomic mass is 9.94. The summed E-state index contributed by atoms with van der Waals surface area (Å²) in [6.45, 7) is 6.92. The molecule has 3 heteroatoms. The van der Waals surface area contributed by atoms with Gasteiger partial charge < -0.3 is 5.32 Å². The number of nitrogens with zero attached hydrogens (tertiary/aromatic N) is 1. The Labute approximate surface area is 102 Å². The van der Waals surface area contributed by atoms with Crippen molar-refractivity contribution >= 4 is 11.3 Å². The molecule has 1 aliphatic rings. The standard InChI is InChI=1S/C13H22N2S/c1-10(2)8-12-13(15-9-16-12)11-4-3-6-14-7-5-11/h9-11,14H,3-8H2,1-2H3. The third-order valence-corrected chi connectivity index (χ3v) is 4.10. The van der Waals surface area contributed by atoms with E-state index in [2.05, 4.69) is 24.1 Å². The van der Waals surface area contributed by atoms with Gasteiger partial charge in [0.1, 0.15) is 0 Å². The highest BCUT2D eigenvalue weighted by Gasteiger charge is 2.19. The van der Waals surface area contributed by atoms with Crippen LogP contribution in [0.2, 0.25) is 0 Å². The second-order valence-corrected chi connectivity index (χ2v) is 6.08. The number of hydrogen-bond donors (Lipinski definition) is 1. The van der Waals surface area contributed by atoms with E-state index >= 15 is 0 Å². The molecule has 1 N–H and O–H groups in total. The maximum atomic E-state index is 4.63. The highest BCUT2D eigenvalue weighted by molar-refractivity contribution is 7.09. The monoisotopic (exact) mass is 238 g/mol. The van der Waals surface area contributed by atoms with Crippen LogP contribution in [0, 0.1) is 5.92 Å². The van der Waals surface area contributed by atoms with Crippen molar-refractivity contribution in [2.45, 2.75) is 45.4 Å². The van der Waals surface area contributed by atoms with Gasteiger partial charge in [0.05, 0.1) is 11.2 Å². The van der Waals surface area contributed by atoms with E-state index in [0.29, 0.717) is 5.92 Å². The van der Waals surface area contributed by atoms with Crippen molar-refractivity contribution in [2.24, 2.45) is 5.92 Å². The van der Waals surface area contributed by atoms with E-state index in [4.69, 9.17) is 0 Å². The van der Waals surface area contributed by atoms with Crippen LogP contribution < -0.4 is 5.32 Å². The van der Waals surface area contributed by atoms with Crippen molar-refractivity contribution in [1.29, 1.82) is 0 Å². The van der Waals surface area contributed by atoms with Gasteiger partial charge in [-0.05, 0) is 44.7 Å². The molecule has 0 amide bonds. The summed E-state index contributed by atoms with van der Waals surface area (Å²) < 4.78 is 0. The lowest BCUT2D eigenvalue weighted by molar-refractivity contribution is 0.579. The highest BCUT2D eigenvalue weighted by atomic mass is 32.1. The van der Waals surface area contributed by atoms with E-state index in [-0.39, 0.29) is 0 Å². The van der Waals surface area contributed by atoms with Crippen molar-refractivity contribution in [2.75, 3.05) is 13.1 Å². The van der Waals surface area contributed by atoms with Gasteiger partial charge in [0.2, 0.25) is 0 Å². The Bertz CT molecular complexity index is 311. The van der Waals surface area contributed by atoms with Gasteiger partial charge in [-0.3, -0.25) is 0 Å². The summed E-state index contributed by atoms with van der Waals surface area (Å²) in [6, 6.07) is 0. The van der Waals surface area contributed by atoms with Crippen LogP contribution in [-0.4, -0.2) is 18.1 Å². The smallest absolute Gasteiger partial charge is 0.0797 e. The summed E-state index contributed by atoms with van der Waals surface area (Å²) in [6.07, 6.45) is 5.06. The summed E-state index contributed by atoms with van der Waals surface area (Å²) in [5.74, 6) is 1.44. The van der Waals surface area contributed by atoms with E-state index in [1.807, 2.05) is 16.8 Å². The minimum Gasteiger partial charge on any atom is -0.317 e. The molecule has 1 unspecified atom stereocenters. The van der Waals surface area contributed by atoms with E-state index in [1.165, 1.54) is 42.8 Å². The number of thiazole rings is 1. The zero-order valence-corrected chi connectivity index (χ0v) is 11.1. The van der Waals surface area contributed by atoms with Gasteiger partial charge in [-0.25, -0.2) is 4.98 Å². The highest BCUT2D eigenvalue weighted by Crippen LogP contribution is 2.31. The van der Waals surface area contributed by atoms with Crippen molar-refractivity contribution in [3.05, 3.63) is 16.1 Å². The third kappa shape index (κ3) is 3.05. The zero-order valence-electron chi connectivity index (χ0n) is 10.3. The lowest BCUT2D eigenvalue weighted by Crippen LogP contribution is -2.14. The Morgan fingerprint density at radius 1 is 1.44 bits per heavy atom. The quantitative estimate of drug-likeness (QED) is 0.874. The van der Waals surface area contributed by atoms with Crippen LogP contribution in [0.5, 0.6) is 0 Å². The first kappa shape index (κ1) is 12.1. The molecule has 2 heterocycles. The van der Waals surface area contributed by atoms with E-state index in [1.54, 1.807) is 0 Å². The van der Waals surface area contributed by atoms with Crippen LogP contribution in [0.15, 0.2) is 5.51 Å². The van der Waals surface area contributed by atoms with Gasteiger partial charge in [0.25, 0.3) is 0 Å². The summed E-state index contributed by atoms with van der Waals surface area (Å²) in [5, 5.41) is 3.48. The van der Waals surface area contributed by atoms with Crippen molar-refractivity contribution in [1.82, 2.24) is 10.3 Å². The molecule has 0 bridgehead atoms. The molecule has 0 radical (unpaired) electrons. The Hall–Kier alpha value is -0.410. The SMILES string of the molecule is CC(C)Cc1scnc1C1CCCNCC1. The summed E-state index contributed by atoms with van der Waals surface area (Å²) in [5.41, 5.74) is 3.44. The fraction of sp³-hybridized carbons (Fsp3) is 0.769. The molecule has 0 aliphatic carbocycles. The molecular weight excluding hydrogens is 216 g/mol. The lowest BCUT2D eigenvalue weighted by Gasteiger charge is -2.14. The van der Waals surface area contributed by atoms with Gasteiger partial charge in [0.15, 0.2) is 0 Å². The first-order valence-corrected chi connectivity index (χ1v) is 7.28. The molecule has 1 saturated heterocycles. The van der Waals surface area contributed by atoms with Crippen LogP contribution in [0.1, 0.15) is 49.6 Å². The van der Waals surface area contributed by atoms with Crippen LogP contribution in [0.4, 0.5) is 0 Å². The van der Waals surface area contributed by atoms with Gasteiger partial charge >= 0.3 is 0 Å². The molecule has 1 atom stereocenters. The van der Waals surface area contributed by atoms with Crippen molar-refractivity contribution in [3.8, 4) is 0 Å². The average Bonchev–Trinajstić information content (AvgIpc) is 2.53. The van der Waals surface area contributed by atoms with Crippen LogP contribution in [-0.2, 0) is 6.42 Å². The molecule has 1 aliphatic heterocycles. The van der Waals surface area contributed by atoms with Gasteiger partial charge in [-0.2, -0.15) is 0 Å². The maximum absolute atomic E-state index is 4.63. The molecule has 1 aromatic heterocycles. The molecular formula is C13H22N2S. The number of nitrogens with one attached hydrogen (secondary N) is 1. The fourth-order valence-electron chi connectivity index (χ4n) is 2.43. The Balaban J connectivity index is 2.09. The number of rotatable bonds is 3. The third-order valence-electron chi connectivity index (χ3n) is 3.23. The summed E-state index contributed by atoms with van der Waals surface area (Å²) in [4.78, 5) is 6.15. The van der Waals surface area contributed by atoms with E-state index < -0.39 is 0 Å². The molecule has 0 saturated carbocycles. The Kier molecular flexibility index (Phi) is 4.36. The largest absolute Gasteiger partial charge is 0.317 e. The zero-order chi connectivity index (χ0) is 11.4. The van der Waals surface area contributed by atoms with Crippen LogP contribution in [0.25, 0.3) is 0 Å². The predicted molar refractivity (Wildman–Crippen MR) is 70.1 cm³/mol. The minimum absolute atomic E-state index is 0.704. The van der Waals surface area contributed by atoms with Gasteiger partial charge in [-0.1, -0.05) is 13.8 Å². The Morgan fingerprint density at radius 3 is 3.12 bits per heavy atom. The van der Waals surface area contributed by atoms with E-state index in [9.17, 15) is 0 Å². The topological polar surface area (TPSA) is 24.9 Å². The van der Waals surface area contributed by atoms with Crippen LogP contribution >= 0.6 is 11.3 Å². The maximum Gasteiger partial charge on any atom is 0.0797 e. The molecule has 90 valence electrons. The van der Waals surface area contributed by atoms with Gasteiger partial charge in [-0.15, -0.1) is 11.3 Å². The molecule has 2 rings (SSSR count).